The van der Waals surface area contributed by atoms with Gasteiger partial charge < -0.3 is 5.32 Å². The number of hydrogen-bond acceptors (Lipinski definition) is 4. The highest BCUT2D eigenvalue weighted by molar-refractivity contribution is 6.17. The fourth-order valence-corrected chi connectivity index (χ4v) is 4.57. The highest BCUT2D eigenvalue weighted by Crippen LogP contribution is 2.42. The second-order valence-electron chi connectivity index (χ2n) is 7.94. The second-order valence-corrected chi connectivity index (χ2v) is 8.32. The van der Waals surface area contributed by atoms with Crippen molar-refractivity contribution in [2.45, 2.75) is 38.8 Å². The van der Waals surface area contributed by atoms with Gasteiger partial charge in [-0.15, -0.1) is 16.4 Å². The van der Waals surface area contributed by atoms with Crippen LogP contribution in [0.25, 0.3) is 22.2 Å². The number of carbonyl (C=O) groups is 2. The molecule has 2 aromatic heterocycles. The SMILES string of the molecule is CC1C(=O)n2c3ccc4c(c3-c3ccccc31)NC(=O)[C@H](C)Nn2c(=O)n4CCCCl. The van der Waals surface area contributed by atoms with Crippen molar-refractivity contribution >= 4 is 40.1 Å². The molecular weight excluding hydrogens is 418 g/mol. The largest absolute Gasteiger partial charge is 0.363 e. The predicted octanol–water partition coefficient (Wildman–Crippen LogP) is 3.10. The number of amides is 1. The number of rotatable bonds is 3. The van der Waals surface area contributed by atoms with Crippen LogP contribution in [0.5, 0.6) is 0 Å². The third kappa shape index (κ3) is 2.78. The molecule has 6 bridgehead atoms. The Hall–Kier alpha value is -3.26. The normalized spacial score (nSPS) is 19.3. The average molecular weight is 440 g/mol. The van der Waals surface area contributed by atoms with Crippen LogP contribution in [0.1, 0.15) is 36.5 Å². The lowest BCUT2D eigenvalue weighted by atomic mass is 9.91. The fraction of sp³-hybridized carbons (Fsp3) is 0.318. The van der Waals surface area contributed by atoms with E-state index >= 15 is 0 Å². The van der Waals surface area contributed by atoms with Crippen LogP contribution in [0.3, 0.4) is 0 Å². The maximum atomic E-state index is 13.7. The Bertz CT molecular complexity index is 1330. The third-order valence-corrected chi connectivity index (χ3v) is 6.31. The minimum Gasteiger partial charge on any atom is -0.322 e. The van der Waals surface area contributed by atoms with Gasteiger partial charge in [0, 0.05) is 18.0 Å². The predicted molar refractivity (Wildman–Crippen MR) is 120 cm³/mol. The molecule has 2 N–H and O–H groups in total. The molecule has 0 saturated carbocycles. The summed E-state index contributed by atoms with van der Waals surface area (Å²) in [6.07, 6.45) is 0.558. The molecule has 31 heavy (non-hydrogen) atoms. The van der Waals surface area contributed by atoms with E-state index in [0.29, 0.717) is 35.6 Å². The van der Waals surface area contributed by atoms with Gasteiger partial charge in [0.1, 0.15) is 6.04 Å². The molecule has 2 atom stereocenters. The molecule has 0 radical (unpaired) electrons. The number of alkyl halides is 1. The zero-order valence-electron chi connectivity index (χ0n) is 17.2. The molecule has 1 amide bonds. The average Bonchev–Trinajstić information content (AvgIpc) is 2.81. The van der Waals surface area contributed by atoms with Gasteiger partial charge in [-0.1, -0.05) is 24.3 Å². The first-order valence-corrected chi connectivity index (χ1v) is 10.8. The Morgan fingerprint density at radius 1 is 1.03 bits per heavy atom. The van der Waals surface area contributed by atoms with Crippen molar-refractivity contribution in [3.05, 3.63) is 52.4 Å². The zero-order valence-corrected chi connectivity index (χ0v) is 17.9. The summed E-state index contributed by atoms with van der Waals surface area (Å²) in [5.41, 5.74) is 6.60. The highest BCUT2D eigenvalue weighted by atomic mass is 35.5. The van der Waals surface area contributed by atoms with Crippen LogP contribution < -0.4 is 16.4 Å². The van der Waals surface area contributed by atoms with Crippen LogP contribution in [-0.2, 0) is 11.3 Å². The number of aromatic nitrogens is 3. The van der Waals surface area contributed by atoms with Gasteiger partial charge in [-0.2, -0.15) is 4.68 Å². The van der Waals surface area contributed by atoms with Gasteiger partial charge >= 0.3 is 5.69 Å². The molecule has 0 aliphatic carbocycles. The quantitative estimate of drug-likeness (QED) is 0.613. The summed E-state index contributed by atoms with van der Waals surface area (Å²) in [7, 11) is 0. The lowest BCUT2D eigenvalue weighted by molar-refractivity contribution is -0.116. The monoisotopic (exact) mass is 439 g/mol. The molecule has 2 aromatic carbocycles. The number of nitrogens with one attached hydrogen (secondary N) is 2. The Morgan fingerprint density at radius 3 is 2.55 bits per heavy atom. The summed E-state index contributed by atoms with van der Waals surface area (Å²) in [6, 6.07) is 10.5. The van der Waals surface area contributed by atoms with Crippen molar-refractivity contribution in [1.82, 2.24) is 14.0 Å². The molecule has 0 fully saturated rings. The number of nitrogens with zero attached hydrogens (tertiary/aromatic N) is 3. The van der Waals surface area contributed by atoms with Gasteiger partial charge in [0.2, 0.25) is 5.91 Å². The number of fused-ring (bicyclic) bond motifs is 5. The van der Waals surface area contributed by atoms with Crippen molar-refractivity contribution in [2.75, 3.05) is 16.6 Å². The van der Waals surface area contributed by atoms with Gasteiger partial charge in [0.25, 0.3) is 5.91 Å². The summed E-state index contributed by atoms with van der Waals surface area (Å²) in [5.74, 6) is -0.664. The van der Waals surface area contributed by atoms with Crippen molar-refractivity contribution < 1.29 is 9.59 Å². The van der Waals surface area contributed by atoms with Crippen molar-refractivity contribution in [3.8, 4) is 11.1 Å². The van der Waals surface area contributed by atoms with Crippen molar-refractivity contribution in [2.24, 2.45) is 0 Å². The van der Waals surface area contributed by atoms with Gasteiger partial charge in [-0.3, -0.25) is 19.6 Å². The first-order valence-electron chi connectivity index (χ1n) is 10.3. The lowest BCUT2D eigenvalue weighted by Crippen LogP contribution is -2.47. The molecule has 160 valence electrons. The van der Waals surface area contributed by atoms with E-state index in [0.717, 1.165) is 16.7 Å². The summed E-state index contributed by atoms with van der Waals surface area (Å²) in [4.78, 5) is 41.5. The first-order chi connectivity index (χ1) is 14.9. The van der Waals surface area contributed by atoms with Crippen molar-refractivity contribution in [1.29, 1.82) is 0 Å². The Labute approximate surface area is 183 Å². The highest BCUT2D eigenvalue weighted by Gasteiger charge is 2.33. The van der Waals surface area contributed by atoms with Crippen LogP contribution in [0.2, 0.25) is 0 Å². The van der Waals surface area contributed by atoms with E-state index in [1.807, 2.05) is 37.3 Å². The smallest absolute Gasteiger partial charge is 0.322 e. The minimum absolute atomic E-state index is 0.258. The number of hydrogen-bond donors (Lipinski definition) is 2. The molecule has 0 spiro atoms. The number of anilines is 1. The van der Waals surface area contributed by atoms with Gasteiger partial charge in [-0.25, -0.2) is 4.79 Å². The number of benzene rings is 2. The third-order valence-electron chi connectivity index (χ3n) is 6.04. The lowest BCUT2D eigenvalue weighted by Gasteiger charge is -2.21. The Balaban J connectivity index is 2.06. The number of halogens is 1. The molecule has 7 rings (SSSR count). The van der Waals surface area contributed by atoms with Crippen LogP contribution in [0.15, 0.2) is 41.2 Å². The molecule has 3 aliphatic rings. The molecular formula is C22H22ClN5O3. The maximum Gasteiger partial charge on any atom is 0.363 e. The molecule has 4 aromatic rings. The van der Waals surface area contributed by atoms with Crippen LogP contribution >= 0.6 is 11.6 Å². The van der Waals surface area contributed by atoms with E-state index < -0.39 is 17.6 Å². The first kappa shape index (κ1) is 19.7. The van der Waals surface area contributed by atoms with E-state index in [4.69, 9.17) is 11.6 Å². The molecule has 0 saturated heterocycles. The molecule has 5 heterocycles. The van der Waals surface area contributed by atoms with Gasteiger partial charge in [0.05, 0.1) is 22.6 Å². The van der Waals surface area contributed by atoms with E-state index in [-0.39, 0.29) is 11.8 Å². The molecule has 3 aliphatic heterocycles. The molecule has 8 nitrogen and oxygen atoms in total. The van der Waals surface area contributed by atoms with E-state index in [9.17, 15) is 14.4 Å². The standard InChI is InChI=1S/C22H22ClN5O3/c1-12-14-6-3-4-7-15(14)18-16-8-9-17-19(18)24-20(29)13(2)25-28(27(16)21(12)30)22(31)26(17)11-5-10-23/h3-4,6-9,12-13,25H,5,10-11H2,1-2H3,(H,24,29)/t12?,13-/m0/s1. The topological polar surface area (TPSA) is 90.1 Å². The van der Waals surface area contributed by atoms with Crippen LogP contribution in [-0.4, -0.2) is 37.8 Å². The number of carbonyl (C=O) groups excluding carboxylic acids is 2. The summed E-state index contributed by atoms with van der Waals surface area (Å²) in [6.45, 7) is 3.83. The Morgan fingerprint density at radius 2 is 1.77 bits per heavy atom. The fourth-order valence-electron chi connectivity index (χ4n) is 4.45. The van der Waals surface area contributed by atoms with E-state index in [1.165, 1.54) is 9.47 Å². The van der Waals surface area contributed by atoms with Crippen molar-refractivity contribution in [3.63, 3.8) is 0 Å². The van der Waals surface area contributed by atoms with E-state index in [1.54, 1.807) is 17.6 Å². The zero-order chi connectivity index (χ0) is 21.9. The summed E-state index contributed by atoms with van der Waals surface area (Å²) < 4.78 is 2.94. The number of aryl methyl sites for hydroxylation is 1. The minimum atomic E-state index is -0.743. The molecule has 9 heteroatoms. The Kier molecular flexibility index (Phi) is 4.55. The van der Waals surface area contributed by atoms with Crippen LogP contribution in [0.4, 0.5) is 5.69 Å². The molecule has 1 unspecified atom stereocenters. The van der Waals surface area contributed by atoms with Gasteiger partial charge in [-0.05, 0) is 43.5 Å². The maximum absolute atomic E-state index is 13.7. The van der Waals surface area contributed by atoms with E-state index in [2.05, 4.69) is 10.7 Å². The summed E-state index contributed by atoms with van der Waals surface area (Å²) in [5, 5.41) is 3.03. The van der Waals surface area contributed by atoms with Gasteiger partial charge in [0.15, 0.2) is 0 Å². The second kappa shape index (κ2) is 7.16. The van der Waals surface area contributed by atoms with Crippen LogP contribution in [0, 0.1) is 0 Å². The summed E-state index contributed by atoms with van der Waals surface area (Å²) >= 11 is 5.93.